The van der Waals surface area contributed by atoms with Crippen LogP contribution in [-0.2, 0) is 67.0 Å². The molecule has 0 radical (unpaired) electrons. The van der Waals surface area contributed by atoms with Gasteiger partial charge in [-0.15, -0.1) is 0 Å². The third kappa shape index (κ3) is 17.0. The highest BCUT2D eigenvalue weighted by Crippen LogP contribution is 2.40. The maximum atomic E-state index is 16.1. The van der Waals surface area contributed by atoms with Gasteiger partial charge in [0.25, 0.3) is 0 Å². The number of carbonyl (C=O) groups excluding carboxylic acids is 6. The highest BCUT2D eigenvalue weighted by atomic mass is 19.1. The lowest BCUT2D eigenvalue weighted by molar-refractivity contribution is -0.157. The van der Waals surface area contributed by atoms with Crippen LogP contribution in [0.3, 0.4) is 0 Å². The first-order valence-electron chi connectivity index (χ1n) is 24.2. The largest absolute Gasteiger partial charge is 0.493 e. The zero-order valence-electron chi connectivity index (χ0n) is 41.1. The number of hydrogen-bond acceptors (Lipinski definition) is 11. The van der Waals surface area contributed by atoms with Gasteiger partial charge in [0, 0.05) is 36.5 Å². The molecule has 12 heteroatoms. The van der Waals surface area contributed by atoms with Crippen LogP contribution in [0.25, 0.3) is 22.3 Å². The van der Waals surface area contributed by atoms with Gasteiger partial charge >= 0.3 is 23.9 Å². The molecule has 368 valence electrons. The summed E-state index contributed by atoms with van der Waals surface area (Å²) in [7, 11) is 0. The number of rotatable bonds is 28. The van der Waals surface area contributed by atoms with Gasteiger partial charge in [-0.05, 0) is 147 Å². The summed E-state index contributed by atoms with van der Waals surface area (Å²) in [5.74, 6) is -3.83. The van der Waals surface area contributed by atoms with Crippen molar-refractivity contribution in [2.75, 3.05) is 33.0 Å². The van der Waals surface area contributed by atoms with E-state index in [0.29, 0.717) is 49.3 Å². The van der Waals surface area contributed by atoms with Crippen molar-refractivity contribution in [1.29, 1.82) is 0 Å². The Labute approximate surface area is 402 Å². The maximum Gasteiger partial charge on any atom is 0.374 e. The summed E-state index contributed by atoms with van der Waals surface area (Å²) in [5, 5.41) is 0. The fourth-order valence-corrected chi connectivity index (χ4v) is 8.52. The summed E-state index contributed by atoms with van der Waals surface area (Å²) in [5.41, 5.74) is 7.40. The van der Waals surface area contributed by atoms with Gasteiger partial charge in [0.05, 0.1) is 33.0 Å². The molecule has 0 saturated heterocycles. The van der Waals surface area contributed by atoms with E-state index in [1.165, 1.54) is 38.5 Å². The molecule has 0 N–H and O–H groups in total. The van der Waals surface area contributed by atoms with Crippen LogP contribution in [0.2, 0.25) is 0 Å². The summed E-state index contributed by atoms with van der Waals surface area (Å²) in [6, 6.07) is 15.8. The number of benzene rings is 3. The Kier molecular flexibility index (Phi) is 22.4. The monoisotopic (exact) mass is 938 g/mol. The molecular formula is C56H71FO11. The Bertz CT molecular complexity index is 2180. The minimum absolute atomic E-state index is 0.0497. The van der Waals surface area contributed by atoms with Gasteiger partial charge in [-0.1, -0.05) is 83.0 Å². The molecule has 0 bridgehead atoms. The van der Waals surface area contributed by atoms with Gasteiger partial charge in [-0.25, -0.2) is 23.6 Å². The van der Waals surface area contributed by atoms with Gasteiger partial charge in [0.1, 0.15) is 11.6 Å². The Morgan fingerprint density at radius 1 is 0.618 bits per heavy atom. The van der Waals surface area contributed by atoms with Crippen LogP contribution < -0.4 is 4.74 Å². The fourth-order valence-electron chi connectivity index (χ4n) is 8.52. The van der Waals surface area contributed by atoms with E-state index in [0.717, 1.165) is 71.6 Å². The summed E-state index contributed by atoms with van der Waals surface area (Å²) in [6.45, 7) is 16.7. The van der Waals surface area contributed by atoms with Crippen molar-refractivity contribution < 1.29 is 56.8 Å². The molecule has 0 unspecified atom stereocenters. The second kappa shape index (κ2) is 27.8. The number of unbranched alkanes of at least 4 members (excludes halogenated alkanes) is 2. The molecule has 0 aromatic heterocycles. The summed E-state index contributed by atoms with van der Waals surface area (Å²) >= 11 is 0. The van der Waals surface area contributed by atoms with Crippen molar-refractivity contribution in [3.8, 4) is 28.0 Å². The van der Waals surface area contributed by atoms with E-state index >= 15 is 4.39 Å². The number of hydrogen-bond donors (Lipinski definition) is 0. The number of Topliss-reactive ketones (excluding diaryl/α,β-unsaturated/α-hetero) is 2. The van der Waals surface area contributed by atoms with Crippen LogP contribution in [0.15, 0.2) is 72.8 Å². The lowest BCUT2D eigenvalue weighted by Crippen LogP contribution is -2.26. The van der Waals surface area contributed by atoms with Crippen molar-refractivity contribution in [3.05, 3.63) is 101 Å². The molecule has 11 nitrogen and oxygen atoms in total. The second-order valence-corrected chi connectivity index (χ2v) is 18.2. The van der Waals surface area contributed by atoms with E-state index < -0.39 is 41.4 Å². The molecule has 1 saturated carbocycles. The standard InChI is InChI=1S/C56H71FO11/c1-9-11-12-15-40-18-20-43(21-19-40)44-22-25-50(51(57)33-44)45-23-24-49(42(10-2)30-45)48-31-46(16-13-27-65-53(60)36(3)4)52(47(32-48)17-14-28-66-54(61)37(5)6)64-29-26-41(34-67-55(62)38(7)58)35-68-56(63)39(8)59/h22-25,30-33,40-41,43H,3,5,9-21,26-29,34-35H2,1-2,4,6-8H3. The minimum atomic E-state index is -1.04. The second-order valence-electron chi connectivity index (χ2n) is 18.2. The fraction of sp³-hybridized carbons (Fsp3) is 0.500. The molecule has 4 rings (SSSR count). The van der Waals surface area contributed by atoms with Gasteiger partial charge in [0.2, 0.25) is 11.6 Å². The first-order valence-corrected chi connectivity index (χ1v) is 24.2. The summed E-state index contributed by atoms with van der Waals surface area (Å²) in [4.78, 5) is 71.8. The Balaban J connectivity index is 1.69. The van der Waals surface area contributed by atoms with E-state index in [4.69, 9.17) is 23.7 Å². The predicted octanol–water partition coefficient (Wildman–Crippen LogP) is 11.3. The van der Waals surface area contributed by atoms with Crippen molar-refractivity contribution in [1.82, 2.24) is 0 Å². The van der Waals surface area contributed by atoms with E-state index in [2.05, 4.69) is 33.1 Å². The first-order chi connectivity index (χ1) is 32.5. The van der Waals surface area contributed by atoms with Crippen LogP contribution >= 0.6 is 0 Å². The Morgan fingerprint density at radius 3 is 1.66 bits per heavy atom. The molecule has 0 spiro atoms. The van der Waals surface area contributed by atoms with E-state index in [1.54, 1.807) is 19.9 Å². The lowest BCUT2D eigenvalue weighted by Gasteiger charge is -2.29. The van der Waals surface area contributed by atoms with Gasteiger partial charge < -0.3 is 23.7 Å². The summed E-state index contributed by atoms with van der Waals surface area (Å²) in [6.07, 6.45) is 12.3. The molecule has 3 aromatic rings. The highest BCUT2D eigenvalue weighted by molar-refractivity contribution is 6.32. The van der Waals surface area contributed by atoms with E-state index in [9.17, 15) is 28.8 Å². The molecule has 0 heterocycles. The van der Waals surface area contributed by atoms with Crippen molar-refractivity contribution in [3.63, 3.8) is 0 Å². The van der Waals surface area contributed by atoms with E-state index in [1.807, 2.05) is 36.4 Å². The predicted molar refractivity (Wildman–Crippen MR) is 261 cm³/mol. The third-order valence-corrected chi connectivity index (χ3v) is 12.5. The lowest BCUT2D eigenvalue weighted by atomic mass is 9.77. The van der Waals surface area contributed by atoms with E-state index in [-0.39, 0.29) is 56.4 Å². The topological polar surface area (TPSA) is 149 Å². The minimum Gasteiger partial charge on any atom is -0.493 e. The average molecular weight is 939 g/mol. The number of aryl methyl sites for hydroxylation is 3. The average Bonchev–Trinajstić information content (AvgIpc) is 3.32. The number of ether oxygens (including phenoxy) is 5. The molecule has 0 aliphatic heterocycles. The Hall–Kier alpha value is -5.91. The molecule has 0 atom stereocenters. The van der Waals surface area contributed by atoms with Gasteiger partial charge in [0.15, 0.2) is 0 Å². The normalized spacial score (nSPS) is 14.5. The zero-order chi connectivity index (χ0) is 49.8. The summed E-state index contributed by atoms with van der Waals surface area (Å²) < 4.78 is 43.8. The number of ketones is 2. The molecule has 1 fully saturated rings. The van der Waals surface area contributed by atoms with Crippen molar-refractivity contribution in [2.45, 2.75) is 137 Å². The quantitative estimate of drug-likeness (QED) is 0.0225. The molecule has 1 aliphatic carbocycles. The highest BCUT2D eigenvalue weighted by Gasteiger charge is 2.24. The molecule has 68 heavy (non-hydrogen) atoms. The van der Waals surface area contributed by atoms with Crippen LogP contribution in [0.5, 0.6) is 5.75 Å². The van der Waals surface area contributed by atoms with Crippen LogP contribution in [0, 0.1) is 17.7 Å². The number of carbonyl (C=O) groups is 6. The molecule has 1 aliphatic rings. The maximum absolute atomic E-state index is 16.1. The molecular weight excluding hydrogens is 868 g/mol. The third-order valence-electron chi connectivity index (χ3n) is 12.5. The number of esters is 4. The van der Waals surface area contributed by atoms with Crippen LogP contribution in [0.1, 0.15) is 140 Å². The molecule has 3 aromatic carbocycles. The SMILES string of the molecule is C=C(C)C(=O)OCCCc1cc(-c2ccc(-c3ccc(C4CCC(CCCCC)CC4)cc3F)cc2CC)cc(CCCOC(=O)C(=C)C)c1OCCC(COC(=O)C(C)=O)COC(=O)C(C)=O. The molecule has 0 amide bonds. The Morgan fingerprint density at radius 2 is 1.16 bits per heavy atom. The van der Waals surface area contributed by atoms with Crippen LogP contribution in [-0.4, -0.2) is 68.5 Å². The zero-order valence-corrected chi connectivity index (χ0v) is 41.1. The van der Waals surface area contributed by atoms with Crippen LogP contribution in [0.4, 0.5) is 4.39 Å². The smallest absolute Gasteiger partial charge is 0.374 e. The van der Waals surface area contributed by atoms with Gasteiger partial charge in [-0.3, -0.25) is 9.59 Å². The first kappa shape index (κ1) is 54.7. The number of halogens is 1. The van der Waals surface area contributed by atoms with Gasteiger partial charge in [-0.2, -0.15) is 0 Å². The van der Waals surface area contributed by atoms with Crippen molar-refractivity contribution in [2.24, 2.45) is 11.8 Å². The van der Waals surface area contributed by atoms with Crippen molar-refractivity contribution >= 4 is 35.4 Å².